The molecule has 0 radical (unpaired) electrons. The molecule has 3 amide bonds. The highest BCUT2D eigenvalue weighted by atomic mass is 35.5. The maximum atomic E-state index is 12.7. The van der Waals surface area contributed by atoms with Gasteiger partial charge in [-0.05, 0) is 23.3 Å². The number of carbonyl (C=O) groups is 3. The van der Waals surface area contributed by atoms with Crippen molar-refractivity contribution in [3.8, 4) is 0 Å². The van der Waals surface area contributed by atoms with Gasteiger partial charge in [0.25, 0.3) is 11.8 Å². The zero-order chi connectivity index (χ0) is 18.0. The van der Waals surface area contributed by atoms with Crippen LogP contribution < -0.4 is 5.32 Å². The molecule has 2 aromatic carbocycles. The number of nitrogens with one attached hydrogen (secondary N) is 1. The van der Waals surface area contributed by atoms with E-state index >= 15 is 0 Å². The summed E-state index contributed by atoms with van der Waals surface area (Å²) in [4.78, 5) is 43.0. The molecule has 0 bridgehead atoms. The molecule has 2 aromatic rings. The Morgan fingerprint density at radius 3 is 2.60 bits per heavy atom. The van der Waals surface area contributed by atoms with E-state index in [4.69, 9.17) is 16.4 Å². The SMILES string of the molecule is CNC(=O)C1C(=O)N(OCc2ccccc2)C(=O)c2cc(Cl)ccc21. The van der Waals surface area contributed by atoms with Crippen molar-refractivity contribution >= 4 is 29.3 Å². The molecule has 128 valence electrons. The van der Waals surface area contributed by atoms with E-state index in [1.165, 1.54) is 25.2 Å². The largest absolute Gasteiger partial charge is 0.358 e. The lowest BCUT2D eigenvalue weighted by Crippen LogP contribution is -2.48. The lowest BCUT2D eigenvalue weighted by atomic mass is 9.89. The van der Waals surface area contributed by atoms with Crippen molar-refractivity contribution in [1.29, 1.82) is 0 Å². The van der Waals surface area contributed by atoms with Crippen molar-refractivity contribution in [2.45, 2.75) is 12.5 Å². The van der Waals surface area contributed by atoms with E-state index in [0.29, 0.717) is 15.6 Å². The van der Waals surface area contributed by atoms with Crippen LogP contribution in [0.5, 0.6) is 0 Å². The number of fused-ring (bicyclic) bond motifs is 1. The number of amides is 3. The molecule has 0 aliphatic carbocycles. The Balaban J connectivity index is 1.95. The normalized spacial score (nSPS) is 16.6. The van der Waals surface area contributed by atoms with Crippen LogP contribution in [0.15, 0.2) is 48.5 Å². The number of benzene rings is 2. The third-order valence-corrected chi connectivity index (χ3v) is 4.14. The molecule has 3 rings (SSSR count). The highest BCUT2D eigenvalue weighted by molar-refractivity contribution is 6.31. The van der Waals surface area contributed by atoms with Crippen LogP contribution in [0.3, 0.4) is 0 Å². The summed E-state index contributed by atoms with van der Waals surface area (Å²) in [6, 6.07) is 13.6. The van der Waals surface area contributed by atoms with E-state index in [0.717, 1.165) is 5.56 Å². The van der Waals surface area contributed by atoms with E-state index in [9.17, 15) is 14.4 Å². The molecule has 0 saturated carbocycles. The van der Waals surface area contributed by atoms with Crippen LogP contribution in [-0.4, -0.2) is 29.8 Å². The van der Waals surface area contributed by atoms with E-state index in [1.807, 2.05) is 18.2 Å². The number of nitrogens with zero attached hydrogens (tertiary/aromatic N) is 1. The third-order valence-electron chi connectivity index (χ3n) is 3.90. The number of likely N-dealkylation sites (N-methyl/N-ethyl adjacent to an activating group) is 1. The Kier molecular flexibility index (Phi) is 4.83. The molecule has 6 nitrogen and oxygen atoms in total. The number of carbonyl (C=O) groups excluding carboxylic acids is 3. The van der Waals surface area contributed by atoms with E-state index in [2.05, 4.69) is 5.32 Å². The van der Waals surface area contributed by atoms with Gasteiger partial charge in [-0.1, -0.05) is 48.0 Å². The summed E-state index contributed by atoms with van der Waals surface area (Å²) >= 11 is 5.96. The highest BCUT2D eigenvalue weighted by Gasteiger charge is 2.43. The van der Waals surface area contributed by atoms with Crippen molar-refractivity contribution in [3.63, 3.8) is 0 Å². The van der Waals surface area contributed by atoms with Crippen LogP contribution in [0.2, 0.25) is 5.02 Å². The fourth-order valence-corrected chi connectivity index (χ4v) is 2.83. The summed E-state index contributed by atoms with van der Waals surface area (Å²) in [5.74, 6) is -3.05. The molecule has 0 spiro atoms. The fourth-order valence-electron chi connectivity index (χ4n) is 2.66. The number of hydrogen-bond donors (Lipinski definition) is 1. The van der Waals surface area contributed by atoms with Crippen molar-refractivity contribution in [2.75, 3.05) is 7.05 Å². The number of imide groups is 1. The van der Waals surface area contributed by atoms with Gasteiger partial charge in [-0.2, -0.15) is 0 Å². The Bertz CT molecular complexity index is 838. The minimum Gasteiger partial charge on any atom is -0.358 e. The molecule has 0 fully saturated rings. The summed E-state index contributed by atoms with van der Waals surface area (Å²) in [6.45, 7) is 0.0225. The Labute approximate surface area is 149 Å². The van der Waals surface area contributed by atoms with Crippen LogP contribution in [-0.2, 0) is 21.0 Å². The van der Waals surface area contributed by atoms with Crippen LogP contribution >= 0.6 is 11.6 Å². The Morgan fingerprint density at radius 2 is 1.92 bits per heavy atom. The van der Waals surface area contributed by atoms with Crippen molar-refractivity contribution in [2.24, 2.45) is 0 Å². The topological polar surface area (TPSA) is 75.7 Å². The van der Waals surface area contributed by atoms with Gasteiger partial charge in [0.1, 0.15) is 12.5 Å². The Morgan fingerprint density at radius 1 is 1.20 bits per heavy atom. The average molecular weight is 359 g/mol. The van der Waals surface area contributed by atoms with Crippen molar-refractivity contribution in [1.82, 2.24) is 10.4 Å². The van der Waals surface area contributed by atoms with Gasteiger partial charge in [0.2, 0.25) is 5.91 Å². The van der Waals surface area contributed by atoms with E-state index < -0.39 is 23.6 Å². The predicted octanol–water partition coefficient (Wildman–Crippen LogP) is 2.28. The van der Waals surface area contributed by atoms with E-state index in [1.54, 1.807) is 12.1 Å². The Hall–Kier alpha value is -2.70. The number of hydrogen-bond acceptors (Lipinski definition) is 4. The lowest BCUT2D eigenvalue weighted by Gasteiger charge is -2.30. The van der Waals surface area contributed by atoms with Gasteiger partial charge in [0.05, 0.1) is 0 Å². The molecule has 1 N–H and O–H groups in total. The van der Waals surface area contributed by atoms with Gasteiger partial charge in [0, 0.05) is 17.6 Å². The molecule has 7 heteroatoms. The number of halogens is 1. The fraction of sp³-hybridized carbons (Fsp3) is 0.167. The number of hydroxylamine groups is 2. The first-order chi connectivity index (χ1) is 12.0. The zero-order valence-corrected chi connectivity index (χ0v) is 14.1. The average Bonchev–Trinajstić information content (AvgIpc) is 2.63. The van der Waals surface area contributed by atoms with E-state index in [-0.39, 0.29) is 12.2 Å². The van der Waals surface area contributed by atoms with Crippen LogP contribution in [0.1, 0.15) is 27.4 Å². The van der Waals surface area contributed by atoms with Crippen molar-refractivity contribution < 1.29 is 19.2 Å². The third kappa shape index (κ3) is 3.26. The second kappa shape index (κ2) is 7.04. The summed E-state index contributed by atoms with van der Waals surface area (Å²) in [5.41, 5.74) is 1.28. The summed E-state index contributed by atoms with van der Waals surface area (Å²) in [5, 5.41) is 3.42. The predicted molar refractivity (Wildman–Crippen MR) is 90.7 cm³/mol. The van der Waals surface area contributed by atoms with Gasteiger partial charge in [-0.25, -0.2) is 0 Å². The smallest absolute Gasteiger partial charge is 0.285 e. The maximum absolute atomic E-state index is 12.7. The first-order valence-electron chi connectivity index (χ1n) is 7.59. The summed E-state index contributed by atoms with van der Waals surface area (Å²) < 4.78 is 0. The van der Waals surface area contributed by atoms with Gasteiger partial charge in [-0.3, -0.25) is 19.2 Å². The van der Waals surface area contributed by atoms with Crippen LogP contribution in [0, 0.1) is 0 Å². The zero-order valence-electron chi connectivity index (χ0n) is 13.4. The van der Waals surface area contributed by atoms with Crippen LogP contribution in [0.4, 0.5) is 0 Å². The quantitative estimate of drug-likeness (QED) is 0.672. The molecular weight excluding hydrogens is 344 g/mol. The molecule has 1 unspecified atom stereocenters. The maximum Gasteiger partial charge on any atom is 0.285 e. The standard InChI is InChI=1S/C18H15ClN2O4/c1-20-16(22)15-13-8-7-12(19)9-14(13)17(23)21(18(15)24)25-10-11-5-3-2-4-6-11/h2-9,15H,10H2,1H3,(H,20,22). The molecule has 1 atom stereocenters. The summed E-state index contributed by atoms with van der Waals surface area (Å²) in [6.07, 6.45) is 0. The molecule has 1 aliphatic rings. The van der Waals surface area contributed by atoms with Crippen LogP contribution in [0.25, 0.3) is 0 Å². The molecule has 1 aliphatic heterocycles. The van der Waals surface area contributed by atoms with Gasteiger partial charge in [0.15, 0.2) is 0 Å². The molecule has 25 heavy (non-hydrogen) atoms. The molecule has 0 aromatic heterocycles. The van der Waals surface area contributed by atoms with Gasteiger partial charge in [-0.15, -0.1) is 5.06 Å². The van der Waals surface area contributed by atoms with Gasteiger partial charge < -0.3 is 5.32 Å². The van der Waals surface area contributed by atoms with Crippen molar-refractivity contribution in [3.05, 3.63) is 70.2 Å². The molecule has 0 saturated heterocycles. The first kappa shape index (κ1) is 17.1. The second-order valence-electron chi connectivity index (χ2n) is 5.48. The lowest BCUT2D eigenvalue weighted by molar-refractivity contribution is -0.177. The first-order valence-corrected chi connectivity index (χ1v) is 7.97. The molecular formula is C18H15ClN2O4. The minimum absolute atomic E-state index is 0.0225. The van der Waals surface area contributed by atoms with Gasteiger partial charge >= 0.3 is 0 Å². The second-order valence-corrected chi connectivity index (χ2v) is 5.91. The monoisotopic (exact) mass is 358 g/mol. The number of rotatable bonds is 4. The summed E-state index contributed by atoms with van der Waals surface area (Å²) in [7, 11) is 1.43. The molecule has 1 heterocycles. The highest BCUT2D eigenvalue weighted by Crippen LogP contribution is 2.32. The minimum atomic E-state index is -1.16.